The van der Waals surface area contributed by atoms with Crippen molar-refractivity contribution < 1.29 is 19.1 Å². The third-order valence-corrected chi connectivity index (χ3v) is 4.69. The van der Waals surface area contributed by atoms with Crippen molar-refractivity contribution in [3.8, 4) is 16.9 Å². The van der Waals surface area contributed by atoms with Crippen LogP contribution in [0.25, 0.3) is 11.1 Å². The van der Waals surface area contributed by atoms with E-state index in [9.17, 15) is 9.59 Å². The van der Waals surface area contributed by atoms with Crippen molar-refractivity contribution in [2.45, 2.75) is 33.3 Å². The summed E-state index contributed by atoms with van der Waals surface area (Å²) in [7, 11) is 0. The molecule has 0 aliphatic rings. The lowest BCUT2D eigenvalue weighted by Crippen LogP contribution is -2.34. The standard InChI is InChI=1S/C27H30N2O4/c1-19-17-22(13-14-24(19)32-16-15-28-26(31)33-27(2,3)4)25(30)29-23-12-8-11-21(18-23)20-9-6-5-7-10-20/h5-14,17-18H,15-16H2,1-4H3,(H,28,31)(H,29,30). The maximum atomic E-state index is 12.8. The highest BCUT2D eigenvalue weighted by Crippen LogP contribution is 2.24. The highest BCUT2D eigenvalue weighted by atomic mass is 16.6. The lowest BCUT2D eigenvalue weighted by molar-refractivity contribution is 0.0520. The first-order chi connectivity index (χ1) is 15.7. The van der Waals surface area contributed by atoms with Crippen molar-refractivity contribution in [3.63, 3.8) is 0 Å². The van der Waals surface area contributed by atoms with E-state index >= 15 is 0 Å². The molecule has 0 fully saturated rings. The Bertz CT molecular complexity index is 1100. The second-order valence-electron chi connectivity index (χ2n) is 8.66. The quantitative estimate of drug-likeness (QED) is 0.449. The Morgan fingerprint density at radius 3 is 2.30 bits per heavy atom. The smallest absolute Gasteiger partial charge is 0.407 e. The molecule has 6 nitrogen and oxygen atoms in total. The van der Waals surface area contributed by atoms with Gasteiger partial charge in [0.15, 0.2) is 0 Å². The van der Waals surface area contributed by atoms with Crippen LogP contribution in [0.5, 0.6) is 5.75 Å². The van der Waals surface area contributed by atoms with Gasteiger partial charge in [-0.1, -0.05) is 42.5 Å². The fraction of sp³-hybridized carbons (Fsp3) is 0.259. The first kappa shape index (κ1) is 23.9. The molecule has 0 saturated heterocycles. The minimum atomic E-state index is -0.541. The molecule has 0 aliphatic heterocycles. The van der Waals surface area contributed by atoms with Crippen LogP contribution in [0.4, 0.5) is 10.5 Å². The Morgan fingerprint density at radius 1 is 0.879 bits per heavy atom. The number of nitrogens with one attached hydrogen (secondary N) is 2. The topological polar surface area (TPSA) is 76.7 Å². The number of carbonyl (C=O) groups is 2. The van der Waals surface area contributed by atoms with E-state index in [0.29, 0.717) is 17.9 Å². The number of amides is 2. The van der Waals surface area contributed by atoms with E-state index in [0.717, 1.165) is 22.4 Å². The second kappa shape index (κ2) is 10.7. The largest absolute Gasteiger partial charge is 0.491 e. The third-order valence-electron chi connectivity index (χ3n) is 4.69. The number of benzene rings is 3. The van der Waals surface area contributed by atoms with Gasteiger partial charge in [-0.2, -0.15) is 0 Å². The normalized spacial score (nSPS) is 10.9. The van der Waals surface area contributed by atoms with Gasteiger partial charge in [0.1, 0.15) is 18.0 Å². The van der Waals surface area contributed by atoms with Crippen LogP contribution in [0.15, 0.2) is 72.8 Å². The van der Waals surface area contributed by atoms with Gasteiger partial charge in [0.05, 0.1) is 6.54 Å². The van der Waals surface area contributed by atoms with E-state index in [-0.39, 0.29) is 12.5 Å². The molecule has 0 atom stereocenters. The van der Waals surface area contributed by atoms with Gasteiger partial charge in [-0.15, -0.1) is 0 Å². The molecule has 3 aromatic carbocycles. The Balaban J connectivity index is 1.55. The Morgan fingerprint density at radius 2 is 1.61 bits per heavy atom. The van der Waals surface area contributed by atoms with E-state index in [1.54, 1.807) is 18.2 Å². The van der Waals surface area contributed by atoms with Crippen molar-refractivity contribution >= 4 is 17.7 Å². The molecule has 0 aliphatic carbocycles. The van der Waals surface area contributed by atoms with Crippen molar-refractivity contribution in [2.75, 3.05) is 18.5 Å². The molecule has 2 amide bonds. The predicted molar refractivity (Wildman–Crippen MR) is 131 cm³/mol. The summed E-state index contributed by atoms with van der Waals surface area (Å²) >= 11 is 0. The lowest BCUT2D eigenvalue weighted by atomic mass is 10.1. The summed E-state index contributed by atoms with van der Waals surface area (Å²) in [5, 5.41) is 5.61. The molecule has 172 valence electrons. The molecule has 0 aromatic heterocycles. The summed E-state index contributed by atoms with van der Waals surface area (Å²) < 4.78 is 10.9. The molecular weight excluding hydrogens is 416 g/mol. The van der Waals surface area contributed by atoms with Crippen LogP contribution in [0.2, 0.25) is 0 Å². The molecule has 2 N–H and O–H groups in total. The summed E-state index contributed by atoms with van der Waals surface area (Å²) in [5.41, 5.74) is 3.68. The molecule has 6 heteroatoms. The molecule has 3 aromatic rings. The van der Waals surface area contributed by atoms with E-state index in [4.69, 9.17) is 9.47 Å². The number of ether oxygens (including phenoxy) is 2. The number of anilines is 1. The van der Waals surface area contributed by atoms with Crippen molar-refractivity contribution in [1.82, 2.24) is 5.32 Å². The zero-order valence-electron chi connectivity index (χ0n) is 19.5. The molecule has 0 unspecified atom stereocenters. The van der Waals surface area contributed by atoms with E-state index in [2.05, 4.69) is 10.6 Å². The van der Waals surface area contributed by atoms with Crippen LogP contribution in [0, 0.1) is 6.92 Å². The van der Waals surface area contributed by atoms with E-state index < -0.39 is 11.7 Å². The lowest BCUT2D eigenvalue weighted by Gasteiger charge is -2.19. The average molecular weight is 447 g/mol. The summed E-state index contributed by atoms with van der Waals surface area (Å²) in [6.45, 7) is 7.91. The highest BCUT2D eigenvalue weighted by Gasteiger charge is 2.15. The van der Waals surface area contributed by atoms with Crippen LogP contribution in [-0.2, 0) is 4.74 Å². The fourth-order valence-corrected chi connectivity index (χ4v) is 3.19. The molecule has 0 radical (unpaired) electrons. The summed E-state index contributed by atoms with van der Waals surface area (Å²) in [5.74, 6) is 0.463. The Hall–Kier alpha value is -3.80. The van der Waals surface area contributed by atoms with Crippen molar-refractivity contribution in [3.05, 3.63) is 83.9 Å². The van der Waals surface area contributed by atoms with Crippen LogP contribution in [0.3, 0.4) is 0 Å². The third kappa shape index (κ3) is 7.38. The highest BCUT2D eigenvalue weighted by molar-refractivity contribution is 6.04. The zero-order chi connectivity index (χ0) is 23.8. The molecule has 0 spiro atoms. The summed E-state index contributed by atoms with van der Waals surface area (Å²) in [4.78, 5) is 24.4. The average Bonchev–Trinajstić information content (AvgIpc) is 2.77. The minimum absolute atomic E-state index is 0.193. The number of aryl methyl sites for hydroxylation is 1. The van der Waals surface area contributed by atoms with E-state index in [1.807, 2.05) is 82.3 Å². The van der Waals surface area contributed by atoms with Gasteiger partial charge in [-0.25, -0.2) is 4.79 Å². The van der Waals surface area contributed by atoms with Crippen LogP contribution in [-0.4, -0.2) is 30.8 Å². The first-order valence-electron chi connectivity index (χ1n) is 10.9. The number of alkyl carbamates (subject to hydrolysis) is 1. The Labute approximate surface area is 194 Å². The zero-order valence-corrected chi connectivity index (χ0v) is 19.5. The molecule has 0 saturated carbocycles. The van der Waals surface area contributed by atoms with Crippen LogP contribution < -0.4 is 15.4 Å². The summed E-state index contributed by atoms with van der Waals surface area (Å²) in [6.07, 6.45) is -0.480. The van der Waals surface area contributed by atoms with Gasteiger partial charge >= 0.3 is 6.09 Å². The first-order valence-corrected chi connectivity index (χ1v) is 10.9. The molecule has 0 bridgehead atoms. The molecule has 33 heavy (non-hydrogen) atoms. The minimum Gasteiger partial charge on any atom is -0.491 e. The monoisotopic (exact) mass is 446 g/mol. The Kier molecular flexibility index (Phi) is 7.72. The van der Waals surface area contributed by atoms with Crippen molar-refractivity contribution in [1.29, 1.82) is 0 Å². The van der Waals surface area contributed by atoms with Gasteiger partial charge < -0.3 is 20.1 Å². The SMILES string of the molecule is Cc1cc(C(=O)Nc2cccc(-c3ccccc3)c2)ccc1OCCNC(=O)OC(C)(C)C. The van der Waals surface area contributed by atoms with Gasteiger partial charge in [-0.3, -0.25) is 4.79 Å². The number of rotatable bonds is 7. The van der Waals surface area contributed by atoms with E-state index in [1.165, 1.54) is 0 Å². The fourth-order valence-electron chi connectivity index (χ4n) is 3.19. The van der Waals surface area contributed by atoms with Crippen molar-refractivity contribution in [2.24, 2.45) is 0 Å². The van der Waals surface area contributed by atoms with Gasteiger partial charge in [-0.05, 0) is 74.7 Å². The molecular formula is C27H30N2O4. The van der Waals surface area contributed by atoms with Crippen LogP contribution >= 0.6 is 0 Å². The van der Waals surface area contributed by atoms with Crippen LogP contribution in [0.1, 0.15) is 36.7 Å². The second-order valence-corrected chi connectivity index (χ2v) is 8.66. The molecule has 0 heterocycles. The van der Waals surface area contributed by atoms with Gasteiger partial charge in [0, 0.05) is 11.3 Å². The summed E-state index contributed by atoms with van der Waals surface area (Å²) in [6, 6.07) is 23.0. The maximum absolute atomic E-state index is 12.8. The predicted octanol–water partition coefficient (Wildman–Crippen LogP) is 5.82. The number of carbonyl (C=O) groups excluding carboxylic acids is 2. The van der Waals surface area contributed by atoms with Gasteiger partial charge in [0.2, 0.25) is 0 Å². The molecule has 3 rings (SSSR count). The van der Waals surface area contributed by atoms with Gasteiger partial charge in [0.25, 0.3) is 5.91 Å². The maximum Gasteiger partial charge on any atom is 0.407 e. The number of hydrogen-bond donors (Lipinski definition) is 2. The number of hydrogen-bond acceptors (Lipinski definition) is 4.